The van der Waals surface area contributed by atoms with E-state index in [4.69, 9.17) is 0 Å². The molecule has 0 spiro atoms. The first kappa shape index (κ1) is 15.8. The summed E-state index contributed by atoms with van der Waals surface area (Å²) in [5.41, 5.74) is 0.636. The molecule has 0 atom stereocenters. The number of nitrogens with one attached hydrogen (secondary N) is 1. The number of alkyl halides is 3. The van der Waals surface area contributed by atoms with Gasteiger partial charge in [-0.15, -0.1) is 0 Å². The average molecular weight is 275 g/mol. The van der Waals surface area contributed by atoms with Crippen LogP contribution in [0.3, 0.4) is 0 Å². The van der Waals surface area contributed by atoms with Gasteiger partial charge in [-0.1, -0.05) is 6.07 Å². The summed E-state index contributed by atoms with van der Waals surface area (Å²) in [5.74, 6) is 0.690. The molecule has 1 heterocycles. The van der Waals surface area contributed by atoms with E-state index in [9.17, 15) is 13.2 Å². The summed E-state index contributed by atoms with van der Waals surface area (Å²) in [6.45, 7) is 5.44. The van der Waals surface area contributed by atoms with Crippen molar-refractivity contribution in [1.29, 1.82) is 0 Å². The molecule has 6 heteroatoms. The number of nitrogens with zero attached hydrogens (tertiary/aromatic N) is 2. The van der Waals surface area contributed by atoms with Gasteiger partial charge in [0.15, 0.2) is 0 Å². The maximum atomic E-state index is 12.5. The van der Waals surface area contributed by atoms with Gasteiger partial charge in [0, 0.05) is 19.1 Å². The van der Waals surface area contributed by atoms with Crippen LogP contribution in [0.2, 0.25) is 0 Å². The van der Waals surface area contributed by atoms with Crippen LogP contribution in [0.4, 0.5) is 19.0 Å². The largest absolute Gasteiger partial charge is 0.401 e. The Labute approximate surface area is 111 Å². The molecular formula is C13H20F3N3. The lowest BCUT2D eigenvalue weighted by molar-refractivity contribution is -0.151. The molecular weight excluding hydrogens is 255 g/mol. The van der Waals surface area contributed by atoms with Crippen molar-refractivity contribution in [2.24, 2.45) is 0 Å². The molecule has 0 radical (unpaired) electrons. The van der Waals surface area contributed by atoms with Gasteiger partial charge in [-0.3, -0.25) is 4.90 Å². The zero-order valence-electron chi connectivity index (χ0n) is 11.5. The highest BCUT2D eigenvalue weighted by atomic mass is 19.4. The van der Waals surface area contributed by atoms with Crippen LogP contribution in [-0.2, 0) is 6.54 Å². The zero-order valence-corrected chi connectivity index (χ0v) is 11.5. The van der Waals surface area contributed by atoms with E-state index in [2.05, 4.69) is 10.3 Å². The first-order valence-electron chi connectivity index (χ1n) is 6.32. The summed E-state index contributed by atoms with van der Waals surface area (Å²) in [7, 11) is 0. The van der Waals surface area contributed by atoms with E-state index in [0.29, 0.717) is 11.5 Å². The van der Waals surface area contributed by atoms with Gasteiger partial charge < -0.3 is 5.32 Å². The van der Waals surface area contributed by atoms with Gasteiger partial charge in [0.25, 0.3) is 0 Å². The first-order chi connectivity index (χ1) is 8.81. The lowest BCUT2D eigenvalue weighted by Gasteiger charge is -2.27. The maximum absolute atomic E-state index is 12.5. The van der Waals surface area contributed by atoms with E-state index in [1.165, 1.54) is 4.90 Å². The van der Waals surface area contributed by atoms with Gasteiger partial charge in [0.1, 0.15) is 5.82 Å². The summed E-state index contributed by atoms with van der Waals surface area (Å²) in [6.07, 6.45) is -4.19. The second-order valence-electron chi connectivity index (χ2n) is 4.66. The molecule has 0 bridgehead atoms. The number of halogens is 3. The van der Waals surface area contributed by atoms with Crippen LogP contribution in [0.1, 0.15) is 26.5 Å². The molecule has 0 fully saturated rings. The van der Waals surface area contributed by atoms with E-state index >= 15 is 0 Å². The minimum atomic E-state index is -4.19. The average Bonchev–Trinajstić information content (AvgIpc) is 2.27. The molecule has 0 saturated heterocycles. The summed E-state index contributed by atoms with van der Waals surface area (Å²) in [4.78, 5) is 5.65. The summed E-state index contributed by atoms with van der Waals surface area (Å²) < 4.78 is 37.5. The Morgan fingerprint density at radius 3 is 2.53 bits per heavy atom. The van der Waals surface area contributed by atoms with Crippen molar-refractivity contribution in [3.8, 4) is 0 Å². The first-order valence-corrected chi connectivity index (χ1v) is 6.32. The van der Waals surface area contributed by atoms with Gasteiger partial charge in [-0.05, 0) is 32.9 Å². The molecule has 1 N–H and O–H groups in total. The highest BCUT2D eigenvalue weighted by Gasteiger charge is 2.31. The number of aromatic nitrogens is 1. The number of rotatable bonds is 6. The third-order valence-corrected chi connectivity index (χ3v) is 2.64. The van der Waals surface area contributed by atoms with E-state index in [0.717, 1.165) is 6.54 Å². The van der Waals surface area contributed by atoms with Crippen molar-refractivity contribution >= 4 is 5.82 Å². The molecule has 1 rings (SSSR count). The van der Waals surface area contributed by atoms with Crippen molar-refractivity contribution in [2.45, 2.75) is 39.5 Å². The highest BCUT2D eigenvalue weighted by molar-refractivity contribution is 5.34. The minimum absolute atomic E-state index is 0.189. The van der Waals surface area contributed by atoms with E-state index in [-0.39, 0.29) is 12.6 Å². The molecule has 1 aromatic heterocycles. The maximum Gasteiger partial charge on any atom is 0.401 e. The Bertz CT molecular complexity index is 391. The summed E-state index contributed by atoms with van der Waals surface area (Å²) in [6, 6.07) is 5.15. The number of hydrogen-bond acceptors (Lipinski definition) is 3. The smallest absolute Gasteiger partial charge is 0.370 e. The Balaban J connectivity index is 2.76. The van der Waals surface area contributed by atoms with Crippen molar-refractivity contribution in [1.82, 2.24) is 9.88 Å². The van der Waals surface area contributed by atoms with Gasteiger partial charge in [-0.2, -0.15) is 13.2 Å². The SMILES string of the molecule is CCNc1cccc(CN(CC(F)(F)F)C(C)C)n1. The zero-order chi connectivity index (χ0) is 14.5. The molecule has 3 nitrogen and oxygen atoms in total. The Morgan fingerprint density at radius 1 is 1.32 bits per heavy atom. The fraction of sp³-hybridized carbons (Fsp3) is 0.615. The van der Waals surface area contributed by atoms with Crippen LogP contribution in [0.15, 0.2) is 18.2 Å². The Morgan fingerprint density at radius 2 is 2.00 bits per heavy atom. The molecule has 1 aromatic rings. The number of anilines is 1. The number of hydrogen-bond donors (Lipinski definition) is 1. The van der Waals surface area contributed by atoms with Crippen LogP contribution < -0.4 is 5.32 Å². The van der Waals surface area contributed by atoms with Gasteiger partial charge in [-0.25, -0.2) is 4.98 Å². The summed E-state index contributed by atoms with van der Waals surface area (Å²) >= 11 is 0. The third kappa shape index (κ3) is 5.92. The van der Waals surface area contributed by atoms with Crippen LogP contribution in [0, 0.1) is 0 Å². The lowest BCUT2D eigenvalue weighted by atomic mass is 10.2. The quantitative estimate of drug-likeness (QED) is 0.863. The van der Waals surface area contributed by atoms with Gasteiger partial charge in [0.05, 0.1) is 12.2 Å². The predicted octanol–water partition coefficient (Wildman–Crippen LogP) is 3.29. The molecule has 19 heavy (non-hydrogen) atoms. The fourth-order valence-electron chi connectivity index (χ4n) is 1.71. The van der Waals surface area contributed by atoms with Crippen molar-refractivity contribution in [3.63, 3.8) is 0 Å². The third-order valence-electron chi connectivity index (χ3n) is 2.64. The standard InChI is InChI=1S/C13H20F3N3/c1-4-17-12-7-5-6-11(18-12)8-19(10(2)3)9-13(14,15)16/h5-7,10H,4,8-9H2,1-3H3,(H,17,18). The van der Waals surface area contributed by atoms with E-state index in [1.807, 2.05) is 6.92 Å². The molecule has 108 valence electrons. The van der Waals surface area contributed by atoms with Crippen molar-refractivity contribution in [3.05, 3.63) is 23.9 Å². The van der Waals surface area contributed by atoms with E-state index in [1.54, 1.807) is 32.0 Å². The van der Waals surface area contributed by atoms with Crippen molar-refractivity contribution < 1.29 is 13.2 Å². The van der Waals surface area contributed by atoms with Gasteiger partial charge in [0.2, 0.25) is 0 Å². The topological polar surface area (TPSA) is 28.2 Å². The van der Waals surface area contributed by atoms with Crippen LogP contribution >= 0.6 is 0 Å². The molecule has 0 saturated carbocycles. The van der Waals surface area contributed by atoms with Crippen LogP contribution in [0.25, 0.3) is 0 Å². The highest BCUT2D eigenvalue weighted by Crippen LogP contribution is 2.19. The predicted molar refractivity (Wildman–Crippen MR) is 70.0 cm³/mol. The molecule has 0 aliphatic rings. The second-order valence-corrected chi connectivity index (χ2v) is 4.66. The Kier molecular flexibility index (Phi) is 5.60. The normalized spacial score (nSPS) is 12.2. The molecule has 0 amide bonds. The fourth-order valence-corrected chi connectivity index (χ4v) is 1.71. The lowest BCUT2D eigenvalue weighted by Crippen LogP contribution is -2.38. The Hall–Kier alpha value is -1.30. The summed E-state index contributed by atoms with van der Waals surface area (Å²) in [5, 5.41) is 3.05. The second kappa shape index (κ2) is 6.75. The molecule has 0 aliphatic carbocycles. The van der Waals surface area contributed by atoms with Crippen molar-refractivity contribution in [2.75, 3.05) is 18.4 Å². The molecule has 0 aromatic carbocycles. The number of pyridine rings is 1. The minimum Gasteiger partial charge on any atom is -0.370 e. The van der Waals surface area contributed by atoms with Crippen LogP contribution in [-0.4, -0.2) is 35.2 Å². The molecule has 0 aliphatic heterocycles. The van der Waals surface area contributed by atoms with E-state index < -0.39 is 12.7 Å². The monoisotopic (exact) mass is 275 g/mol. The van der Waals surface area contributed by atoms with Gasteiger partial charge >= 0.3 is 6.18 Å². The molecule has 0 unspecified atom stereocenters. The van der Waals surface area contributed by atoms with Crippen LogP contribution in [0.5, 0.6) is 0 Å².